The number of hydrogen-bond acceptors (Lipinski definition) is 4. The zero-order chi connectivity index (χ0) is 20.9. The third-order valence-electron chi connectivity index (χ3n) is 4.93. The van der Waals surface area contributed by atoms with Crippen LogP contribution in [-0.4, -0.2) is 38.9 Å². The Morgan fingerprint density at radius 3 is 2.52 bits per heavy atom. The maximum absolute atomic E-state index is 12.5. The van der Waals surface area contributed by atoms with Gasteiger partial charge in [0.05, 0.1) is 9.92 Å². The number of carbonyl (C=O) groups is 1. The molecule has 8 heteroatoms. The molecule has 6 nitrogen and oxygen atoms in total. The SMILES string of the molecule is CN(Cc1ccccc1)C(=O)COc1ccc(S(=O)(=O)NC2CCCC2)cc1Cl. The number of ether oxygens (including phenoxy) is 1. The van der Waals surface area contributed by atoms with Crippen molar-refractivity contribution in [2.24, 2.45) is 0 Å². The Kier molecular flexibility index (Phi) is 7.16. The molecule has 156 valence electrons. The van der Waals surface area contributed by atoms with Gasteiger partial charge >= 0.3 is 0 Å². The molecule has 2 aromatic carbocycles. The first kappa shape index (κ1) is 21.6. The highest BCUT2D eigenvalue weighted by molar-refractivity contribution is 7.89. The Labute approximate surface area is 176 Å². The van der Waals surface area contributed by atoms with E-state index in [1.54, 1.807) is 11.9 Å². The van der Waals surface area contributed by atoms with Crippen molar-refractivity contribution >= 4 is 27.5 Å². The van der Waals surface area contributed by atoms with Gasteiger partial charge in [0.1, 0.15) is 5.75 Å². The van der Waals surface area contributed by atoms with Crippen molar-refractivity contribution in [2.75, 3.05) is 13.7 Å². The summed E-state index contributed by atoms with van der Waals surface area (Å²) in [6.45, 7) is 0.288. The van der Waals surface area contributed by atoms with Crippen LogP contribution in [0.2, 0.25) is 5.02 Å². The number of hydrogen-bond donors (Lipinski definition) is 1. The highest BCUT2D eigenvalue weighted by Gasteiger charge is 2.23. The average molecular weight is 437 g/mol. The van der Waals surface area contributed by atoms with Gasteiger partial charge in [0, 0.05) is 19.6 Å². The Morgan fingerprint density at radius 2 is 1.86 bits per heavy atom. The average Bonchev–Trinajstić information content (AvgIpc) is 3.19. The maximum Gasteiger partial charge on any atom is 0.260 e. The minimum atomic E-state index is -3.63. The van der Waals surface area contributed by atoms with E-state index in [1.165, 1.54) is 18.2 Å². The van der Waals surface area contributed by atoms with Gasteiger partial charge in [-0.1, -0.05) is 54.8 Å². The molecule has 29 heavy (non-hydrogen) atoms. The van der Waals surface area contributed by atoms with Crippen molar-refractivity contribution in [3.63, 3.8) is 0 Å². The standard InChI is InChI=1S/C21H25ClN2O4S/c1-24(14-16-7-3-2-4-8-16)21(25)15-28-20-12-11-18(13-19(20)22)29(26,27)23-17-9-5-6-10-17/h2-4,7-8,11-13,17,23H,5-6,9-10,14-15H2,1H3. The van der Waals surface area contributed by atoms with Crippen LogP contribution in [0.15, 0.2) is 53.4 Å². The molecule has 0 bridgehead atoms. The van der Waals surface area contributed by atoms with Crippen molar-refractivity contribution in [3.05, 3.63) is 59.1 Å². The van der Waals surface area contributed by atoms with Gasteiger partial charge in [0.2, 0.25) is 10.0 Å². The molecule has 0 saturated heterocycles. The van der Waals surface area contributed by atoms with Crippen molar-refractivity contribution in [1.29, 1.82) is 0 Å². The number of nitrogens with zero attached hydrogens (tertiary/aromatic N) is 1. The van der Waals surface area contributed by atoms with Crippen LogP contribution in [0, 0.1) is 0 Å². The van der Waals surface area contributed by atoms with Gasteiger partial charge in [-0.15, -0.1) is 0 Å². The molecule has 1 aliphatic rings. The minimum absolute atomic E-state index is 0.0209. The van der Waals surface area contributed by atoms with Gasteiger partial charge in [-0.05, 0) is 36.6 Å². The van der Waals surface area contributed by atoms with Gasteiger partial charge in [0.15, 0.2) is 6.61 Å². The van der Waals surface area contributed by atoms with E-state index in [4.69, 9.17) is 16.3 Å². The summed E-state index contributed by atoms with van der Waals surface area (Å²) in [6, 6.07) is 13.9. The lowest BCUT2D eigenvalue weighted by Crippen LogP contribution is -2.32. The van der Waals surface area contributed by atoms with Crippen molar-refractivity contribution in [3.8, 4) is 5.75 Å². The lowest BCUT2D eigenvalue weighted by Gasteiger charge is -2.18. The molecule has 1 saturated carbocycles. The van der Waals surface area contributed by atoms with Gasteiger partial charge in [-0.3, -0.25) is 4.79 Å². The molecule has 3 rings (SSSR count). The molecule has 1 fully saturated rings. The number of likely N-dealkylation sites (N-methyl/N-ethyl adjacent to an activating group) is 1. The van der Waals surface area contributed by atoms with E-state index in [9.17, 15) is 13.2 Å². The lowest BCUT2D eigenvalue weighted by atomic mass is 10.2. The number of halogens is 1. The zero-order valence-corrected chi connectivity index (χ0v) is 17.9. The molecule has 1 aliphatic carbocycles. The molecular weight excluding hydrogens is 412 g/mol. The van der Waals surface area contributed by atoms with Crippen LogP contribution in [0.1, 0.15) is 31.2 Å². The topological polar surface area (TPSA) is 75.7 Å². The zero-order valence-electron chi connectivity index (χ0n) is 16.3. The quantitative estimate of drug-likeness (QED) is 0.686. The number of benzene rings is 2. The molecule has 1 amide bonds. The molecule has 0 unspecified atom stereocenters. The van der Waals surface area contributed by atoms with Gasteiger partial charge in [-0.2, -0.15) is 0 Å². The van der Waals surface area contributed by atoms with E-state index in [-0.39, 0.29) is 34.2 Å². The van der Waals surface area contributed by atoms with Crippen molar-refractivity contribution < 1.29 is 17.9 Å². The fourth-order valence-electron chi connectivity index (χ4n) is 3.29. The highest BCUT2D eigenvalue weighted by Crippen LogP contribution is 2.28. The summed E-state index contributed by atoms with van der Waals surface area (Å²) in [5.74, 6) is 0.0671. The van der Waals surface area contributed by atoms with E-state index in [0.717, 1.165) is 31.2 Å². The van der Waals surface area contributed by atoms with E-state index in [0.29, 0.717) is 6.54 Å². The Balaban J connectivity index is 1.58. The lowest BCUT2D eigenvalue weighted by molar-refractivity contribution is -0.132. The van der Waals surface area contributed by atoms with Crippen LogP contribution in [0.25, 0.3) is 0 Å². The molecule has 0 atom stereocenters. The predicted molar refractivity (Wildman–Crippen MR) is 112 cm³/mol. The second kappa shape index (κ2) is 9.61. The number of sulfonamides is 1. The number of amides is 1. The number of nitrogens with one attached hydrogen (secondary N) is 1. The van der Waals surface area contributed by atoms with Crippen molar-refractivity contribution in [2.45, 2.75) is 43.2 Å². The van der Waals surface area contributed by atoms with E-state index in [2.05, 4.69) is 4.72 Å². The van der Waals surface area contributed by atoms with Crippen molar-refractivity contribution in [1.82, 2.24) is 9.62 Å². The Morgan fingerprint density at radius 1 is 1.17 bits per heavy atom. The molecule has 1 N–H and O–H groups in total. The monoisotopic (exact) mass is 436 g/mol. The van der Waals surface area contributed by atoms with Crippen LogP contribution < -0.4 is 9.46 Å². The van der Waals surface area contributed by atoms with Crippen LogP contribution in [-0.2, 0) is 21.4 Å². The normalized spacial score (nSPS) is 14.7. The van der Waals surface area contributed by atoms with E-state index in [1.807, 2.05) is 30.3 Å². The summed E-state index contributed by atoms with van der Waals surface area (Å²) < 4.78 is 33.3. The van der Waals surface area contributed by atoms with Crippen LogP contribution >= 0.6 is 11.6 Å². The fraction of sp³-hybridized carbons (Fsp3) is 0.381. The minimum Gasteiger partial charge on any atom is -0.482 e. The molecule has 0 spiro atoms. The van der Waals surface area contributed by atoms with E-state index >= 15 is 0 Å². The van der Waals surface area contributed by atoms with Crippen LogP contribution in [0.4, 0.5) is 0 Å². The van der Waals surface area contributed by atoms with E-state index < -0.39 is 10.0 Å². The summed E-state index contributed by atoms with van der Waals surface area (Å²) in [7, 11) is -1.93. The summed E-state index contributed by atoms with van der Waals surface area (Å²) in [6.07, 6.45) is 3.78. The second-order valence-corrected chi connectivity index (χ2v) is 9.34. The summed E-state index contributed by atoms with van der Waals surface area (Å²) in [5, 5.41) is 0.151. The molecule has 0 aromatic heterocycles. The predicted octanol–water partition coefficient (Wildman–Crippen LogP) is 3.60. The van der Waals surface area contributed by atoms with Crippen LogP contribution in [0.5, 0.6) is 5.75 Å². The molecule has 0 radical (unpaired) electrons. The summed E-state index contributed by atoms with van der Waals surface area (Å²) >= 11 is 6.20. The first-order chi connectivity index (χ1) is 13.8. The van der Waals surface area contributed by atoms with Gasteiger partial charge in [0.25, 0.3) is 5.91 Å². The Bertz CT molecular complexity index is 944. The first-order valence-electron chi connectivity index (χ1n) is 9.58. The van der Waals surface area contributed by atoms with Gasteiger partial charge < -0.3 is 9.64 Å². The molecular formula is C21H25ClN2O4S. The first-order valence-corrected chi connectivity index (χ1v) is 11.4. The second-order valence-electron chi connectivity index (χ2n) is 7.22. The highest BCUT2D eigenvalue weighted by atomic mass is 35.5. The van der Waals surface area contributed by atoms with Gasteiger partial charge in [-0.25, -0.2) is 13.1 Å². The molecule has 0 aliphatic heterocycles. The summed E-state index contributed by atoms with van der Waals surface area (Å²) in [4.78, 5) is 14.0. The number of carbonyl (C=O) groups excluding carboxylic acids is 1. The Hall–Kier alpha value is -2.09. The number of rotatable bonds is 8. The largest absolute Gasteiger partial charge is 0.482 e. The molecule has 0 heterocycles. The van der Waals surface area contributed by atoms with Crippen LogP contribution in [0.3, 0.4) is 0 Å². The third kappa shape index (κ3) is 5.95. The third-order valence-corrected chi connectivity index (χ3v) is 6.74. The summed E-state index contributed by atoms with van der Waals surface area (Å²) in [5.41, 5.74) is 1.02. The maximum atomic E-state index is 12.5. The smallest absolute Gasteiger partial charge is 0.260 e. The molecule has 2 aromatic rings. The fourth-order valence-corrected chi connectivity index (χ4v) is 4.92.